The molecule has 0 spiro atoms. The van der Waals surface area contributed by atoms with Crippen LogP contribution >= 0.6 is 23.2 Å². The van der Waals surface area contributed by atoms with Crippen LogP contribution in [-0.4, -0.2) is 26.3 Å². The Balaban J connectivity index is 2.09. The van der Waals surface area contributed by atoms with Crippen molar-refractivity contribution in [2.45, 2.75) is 19.2 Å². The van der Waals surface area contributed by atoms with Crippen LogP contribution in [-0.2, 0) is 17.9 Å². The molecule has 0 bridgehead atoms. The fourth-order valence-corrected chi connectivity index (χ4v) is 3.01. The molecule has 3 rings (SSSR count). The summed E-state index contributed by atoms with van der Waals surface area (Å²) >= 11 is 12.0. The van der Waals surface area contributed by atoms with Crippen molar-refractivity contribution >= 4 is 40.1 Å². The van der Waals surface area contributed by atoms with Crippen LogP contribution in [0.25, 0.3) is 11.0 Å². The minimum atomic E-state index is -1.44. The van der Waals surface area contributed by atoms with E-state index in [1.165, 1.54) is 4.57 Å². The molecule has 1 aromatic heterocycles. The van der Waals surface area contributed by atoms with Gasteiger partial charge in [-0.25, -0.2) is 4.79 Å². The van der Waals surface area contributed by atoms with Gasteiger partial charge in [0.25, 0.3) is 0 Å². The molecular weight excluding hydrogens is 365 g/mol. The summed E-state index contributed by atoms with van der Waals surface area (Å²) in [5.74, 6) is -0.881. The van der Waals surface area contributed by atoms with Gasteiger partial charge >= 0.3 is 5.69 Å². The molecule has 6 nitrogen and oxygen atoms in total. The summed E-state index contributed by atoms with van der Waals surface area (Å²) in [5, 5.41) is 10.6. The van der Waals surface area contributed by atoms with Gasteiger partial charge in [-0.1, -0.05) is 41.4 Å². The highest BCUT2D eigenvalue weighted by Gasteiger charge is 2.18. The second-order valence-electron chi connectivity index (χ2n) is 5.63. The number of halogens is 2. The van der Waals surface area contributed by atoms with Crippen molar-refractivity contribution in [3.8, 4) is 0 Å². The third-order valence-electron chi connectivity index (χ3n) is 3.93. The summed E-state index contributed by atoms with van der Waals surface area (Å²) in [4.78, 5) is 23.9. The number of carbonyl (C=O) groups is 1. The number of benzene rings is 2. The Morgan fingerprint density at radius 1 is 1.08 bits per heavy atom. The van der Waals surface area contributed by atoms with Crippen molar-refractivity contribution in [2.24, 2.45) is 5.73 Å². The van der Waals surface area contributed by atoms with Crippen LogP contribution in [0.3, 0.4) is 0 Å². The molecule has 0 radical (unpaired) electrons. The van der Waals surface area contributed by atoms with Crippen LogP contribution in [0.2, 0.25) is 10.0 Å². The first-order valence-corrected chi connectivity index (χ1v) is 8.23. The second kappa shape index (κ2) is 6.92. The fourth-order valence-electron chi connectivity index (χ4n) is 2.69. The van der Waals surface area contributed by atoms with Gasteiger partial charge < -0.3 is 10.8 Å². The molecule has 0 aliphatic heterocycles. The van der Waals surface area contributed by atoms with Crippen LogP contribution in [0.15, 0.2) is 47.3 Å². The summed E-state index contributed by atoms with van der Waals surface area (Å²) in [6.07, 6.45) is -1.44. The van der Waals surface area contributed by atoms with Gasteiger partial charge in [-0.15, -0.1) is 0 Å². The number of fused-ring (bicyclic) bond motifs is 1. The summed E-state index contributed by atoms with van der Waals surface area (Å²) in [7, 11) is 0. The Morgan fingerprint density at radius 2 is 1.72 bits per heavy atom. The van der Waals surface area contributed by atoms with Gasteiger partial charge in [-0.2, -0.15) is 0 Å². The van der Waals surface area contributed by atoms with E-state index in [4.69, 9.17) is 28.9 Å². The molecule has 0 saturated carbocycles. The lowest BCUT2D eigenvalue weighted by Gasteiger charge is -2.07. The zero-order chi connectivity index (χ0) is 18.1. The third-order valence-corrected chi connectivity index (χ3v) is 4.67. The molecule has 130 valence electrons. The highest BCUT2D eigenvalue weighted by atomic mass is 35.5. The molecule has 8 heteroatoms. The molecular formula is C17H15Cl2N3O3. The number of rotatable bonds is 5. The second-order valence-corrected chi connectivity index (χ2v) is 6.45. The maximum atomic E-state index is 12.8. The average molecular weight is 380 g/mol. The summed E-state index contributed by atoms with van der Waals surface area (Å²) in [5.41, 5.74) is 6.83. The molecule has 0 aliphatic rings. The number of aliphatic hydroxyl groups is 1. The van der Waals surface area contributed by atoms with Crippen LogP contribution in [0.5, 0.6) is 0 Å². The predicted molar refractivity (Wildman–Crippen MR) is 97.0 cm³/mol. The number of aliphatic hydroxyl groups excluding tert-OH is 1. The Morgan fingerprint density at radius 3 is 2.32 bits per heavy atom. The van der Waals surface area contributed by atoms with E-state index in [0.717, 1.165) is 5.56 Å². The summed E-state index contributed by atoms with van der Waals surface area (Å²) in [6, 6.07) is 12.3. The number of amides is 1. The van der Waals surface area contributed by atoms with E-state index in [9.17, 15) is 14.7 Å². The number of aromatic nitrogens is 2. The number of para-hydroxylation sites is 2. The van der Waals surface area contributed by atoms with Crippen molar-refractivity contribution < 1.29 is 9.90 Å². The van der Waals surface area contributed by atoms with Gasteiger partial charge in [0.2, 0.25) is 5.91 Å². The smallest absolute Gasteiger partial charge is 0.329 e. The van der Waals surface area contributed by atoms with Crippen LogP contribution in [0.4, 0.5) is 0 Å². The van der Waals surface area contributed by atoms with E-state index in [1.54, 1.807) is 41.0 Å². The number of hydrogen-bond donors (Lipinski definition) is 2. The molecule has 2 aromatic carbocycles. The zero-order valence-corrected chi connectivity index (χ0v) is 14.5. The lowest BCUT2D eigenvalue weighted by atomic mass is 10.2. The van der Waals surface area contributed by atoms with Crippen LogP contribution < -0.4 is 11.4 Å². The highest BCUT2D eigenvalue weighted by molar-refractivity contribution is 6.42. The Bertz CT molecular complexity index is 1010. The summed E-state index contributed by atoms with van der Waals surface area (Å²) < 4.78 is 2.88. The van der Waals surface area contributed by atoms with Crippen molar-refractivity contribution in [3.63, 3.8) is 0 Å². The van der Waals surface area contributed by atoms with E-state index < -0.39 is 12.0 Å². The molecule has 3 aromatic rings. The van der Waals surface area contributed by atoms with Gasteiger partial charge in [0.05, 0.1) is 34.2 Å². The molecule has 3 N–H and O–H groups in total. The molecule has 1 atom stereocenters. The first-order chi connectivity index (χ1) is 11.9. The third kappa shape index (κ3) is 3.42. The average Bonchev–Trinajstić information content (AvgIpc) is 2.84. The van der Waals surface area contributed by atoms with E-state index in [1.807, 2.05) is 6.07 Å². The van der Waals surface area contributed by atoms with Crippen molar-refractivity contribution in [3.05, 3.63) is 68.6 Å². The number of primary amides is 1. The SMILES string of the molecule is NC(=O)C(O)Cn1c(=O)n(Cc2ccc(Cl)c(Cl)c2)c2ccccc21. The van der Waals surface area contributed by atoms with E-state index in [2.05, 4.69) is 0 Å². The standard InChI is InChI=1S/C17H15Cl2N3O3/c18-11-6-5-10(7-12(11)19)8-21-13-3-1-2-4-14(13)22(17(21)25)9-15(23)16(20)24/h1-7,15,23H,8-9H2,(H2,20,24). The van der Waals surface area contributed by atoms with Gasteiger partial charge in [-0.3, -0.25) is 13.9 Å². The van der Waals surface area contributed by atoms with Crippen LogP contribution in [0.1, 0.15) is 5.56 Å². The number of carbonyl (C=O) groups excluding carboxylic acids is 1. The first-order valence-electron chi connectivity index (χ1n) is 7.48. The van der Waals surface area contributed by atoms with Gasteiger partial charge in [0.1, 0.15) is 0 Å². The molecule has 0 saturated heterocycles. The molecule has 25 heavy (non-hydrogen) atoms. The molecule has 0 aliphatic carbocycles. The molecule has 0 fully saturated rings. The maximum absolute atomic E-state index is 12.8. The Hall–Kier alpha value is -2.28. The van der Waals surface area contributed by atoms with Gasteiger partial charge in [-0.05, 0) is 29.8 Å². The minimum absolute atomic E-state index is 0.205. The topological polar surface area (TPSA) is 90.2 Å². The number of nitrogens with two attached hydrogens (primary N) is 1. The zero-order valence-electron chi connectivity index (χ0n) is 13.0. The van der Waals surface area contributed by atoms with E-state index >= 15 is 0 Å². The van der Waals surface area contributed by atoms with Gasteiger partial charge in [0, 0.05) is 0 Å². The molecule has 1 amide bonds. The molecule has 1 unspecified atom stereocenters. The number of nitrogens with zero attached hydrogens (tertiary/aromatic N) is 2. The Kier molecular flexibility index (Phi) is 4.85. The quantitative estimate of drug-likeness (QED) is 0.710. The first kappa shape index (κ1) is 17.5. The van der Waals surface area contributed by atoms with E-state index in [-0.39, 0.29) is 18.8 Å². The lowest BCUT2D eigenvalue weighted by molar-refractivity contribution is -0.126. The highest BCUT2D eigenvalue weighted by Crippen LogP contribution is 2.23. The maximum Gasteiger partial charge on any atom is 0.329 e. The monoisotopic (exact) mass is 379 g/mol. The number of hydrogen-bond acceptors (Lipinski definition) is 3. The van der Waals surface area contributed by atoms with Crippen LogP contribution in [0, 0.1) is 0 Å². The largest absolute Gasteiger partial charge is 0.381 e. The van der Waals surface area contributed by atoms with Crippen molar-refractivity contribution in [1.82, 2.24) is 9.13 Å². The van der Waals surface area contributed by atoms with Crippen molar-refractivity contribution in [1.29, 1.82) is 0 Å². The normalized spacial score (nSPS) is 12.4. The predicted octanol–water partition coefficient (Wildman–Crippen LogP) is 2.00. The Labute approximate surface area is 153 Å². The lowest BCUT2D eigenvalue weighted by Crippen LogP contribution is -2.36. The molecule has 1 heterocycles. The van der Waals surface area contributed by atoms with Crippen molar-refractivity contribution in [2.75, 3.05) is 0 Å². The van der Waals surface area contributed by atoms with Gasteiger partial charge in [0.15, 0.2) is 6.10 Å². The fraction of sp³-hybridized carbons (Fsp3) is 0.176. The number of imidazole rings is 1. The summed E-state index contributed by atoms with van der Waals surface area (Å²) in [6.45, 7) is 0.0684. The minimum Gasteiger partial charge on any atom is -0.381 e. The van der Waals surface area contributed by atoms with E-state index in [0.29, 0.717) is 21.1 Å².